The van der Waals surface area contributed by atoms with Crippen molar-refractivity contribution in [1.29, 1.82) is 0 Å². The first-order valence-corrected chi connectivity index (χ1v) is 6.90. The number of fused-ring (bicyclic) bond motifs is 1. The van der Waals surface area contributed by atoms with Gasteiger partial charge in [0.05, 0.1) is 12.9 Å². The number of ether oxygens (including phenoxy) is 1. The Balaban J connectivity index is 1.88. The number of anilines is 1. The first-order chi connectivity index (χ1) is 11.0. The number of nitrogens with two attached hydrogens (primary N) is 1. The summed E-state index contributed by atoms with van der Waals surface area (Å²) in [4.78, 5) is 28.6. The molecular formula is C12H16N6O5. The molecule has 23 heavy (non-hydrogen) atoms. The first kappa shape index (κ1) is 15.6. The lowest BCUT2D eigenvalue weighted by atomic mass is 10.1. The van der Waals surface area contributed by atoms with E-state index < -0.39 is 30.4 Å². The van der Waals surface area contributed by atoms with Crippen LogP contribution < -0.4 is 11.2 Å². The van der Waals surface area contributed by atoms with Crippen molar-refractivity contribution in [2.75, 3.05) is 12.3 Å². The van der Waals surface area contributed by atoms with Crippen LogP contribution in [0.2, 0.25) is 0 Å². The van der Waals surface area contributed by atoms with Crippen LogP contribution in [0.3, 0.4) is 0 Å². The number of hydroxylamine groups is 1. The van der Waals surface area contributed by atoms with Gasteiger partial charge in [-0.05, 0) is 6.92 Å². The predicted molar refractivity (Wildman–Crippen MR) is 75.4 cm³/mol. The molecule has 0 spiro atoms. The van der Waals surface area contributed by atoms with Gasteiger partial charge in [-0.15, -0.1) is 0 Å². The van der Waals surface area contributed by atoms with E-state index in [0.717, 1.165) is 0 Å². The van der Waals surface area contributed by atoms with E-state index >= 15 is 0 Å². The lowest BCUT2D eigenvalue weighted by molar-refractivity contribution is -0.150. The molecule has 1 saturated heterocycles. The van der Waals surface area contributed by atoms with E-state index in [1.807, 2.05) is 0 Å². The third kappa shape index (κ3) is 2.59. The van der Waals surface area contributed by atoms with Crippen LogP contribution in [-0.2, 0) is 14.4 Å². The van der Waals surface area contributed by atoms with Crippen LogP contribution in [0.5, 0.6) is 0 Å². The van der Waals surface area contributed by atoms with E-state index in [1.165, 1.54) is 17.2 Å². The molecular weight excluding hydrogens is 308 g/mol. The highest BCUT2D eigenvalue weighted by molar-refractivity contribution is 5.82. The number of aromatic nitrogens is 4. The van der Waals surface area contributed by atoms with Gasteiger partial charge in [-0.1, -0.05) is 0 Å². The summed E-state index contributed by atoms with van der Waals surface area (Å²) in [6.07, 6.45) is -2.55. The Morgan fingerprint density at radius 1 is 1.43 bits per heavy atom. The monoisotopic (exact) mass is 324 g/mol. The minimum atomic E-state index is -1.43. The number of carbonyl (C=O) groups excluding carboxylic acids is 1. The molecule has 1 aliphatic rings. The molecule has 3 rings (SSSR count). The number of rotatable bonds is 4. The van der Waals surface area contributed by atoms with Crippen molar-refractivity contribution in [3.05, 3.63) is 12.7 Å². The molecule has 0 aliphatic carbocycles. The molecule has 2 aromatic rings. The van der Waals surface area contributed by atoms with Crippen LogP contribution in [0.1, 0.15) is 13.2 Å². The Morgan fingerprint density at radius 2 is 2.22 bits per heavy atom. The fourth-order valence-electron chi connectivity index (χ4n) is 2.36. The fourth-order valence-corrected chi connectivity index (χ4v) is 2.36. The first-order valence-electron chi connectivity index (χ1n) is 6.90. The number of aliphatic hydroxyl groups is 2. The maximum Gasteiger partial charge on any atom is 0.275 e. The maximum atomic E-state index is 11.9. The Hall–Kier alpha value is -2.34. The Morgan fingerprint density at radius 3 is 2.96 bits per heavy atom. The van der Waals surface area contributed by atoms with Gasteiger partial charge in [0.15, 0.2) is 23.8 Å². The molecule has 0 aromatic carbocycles. The number of amides is 1. The summed E-state index contributed by atoms with van der Waals surface area (Å²) in [7, 11) is 0. The summed E-state index contributed by atoms with van der Waals surface area (Å²) in [5.41, 5.74) is 8.48. The van der Waals surface area contributed by atoms with Gasteiger partial charge >= 0.3 is 0 Å². The second-order valence-electron chi connectivity index (χ2n) is 4.91. The molecule has 124 valence electrons. The molecule has 3 heterocycles. The van der Waals surface area contributed by atoms with E-state index in [9.17, 15) is 15.0 Å². The van der Waals surface area contributed by atoms with E-state index in [4.69, 9.17) is 15.3 Å². The highest BCUT2D eigenvalue weighted by Crippen LogP contribution is 2.31. The number of aliphatic hydroxyl groups excluding tert-OH is 2. The molecule has 1 amide bonds. The van der Waals surface area contributed by atoms with Crippen molar-refractivity contribution in [3.8, 4) is 0 Å². The zero-order chi connectivity index (χ0) is 16.6. The van der Waals surface area contributed by atoms with Crippen molar-refractivity contribution < 1.29 is 24.6 Å². The third-order valence-corrected chi connectivity index (χ3v) is 3.48. The largest absolute Gasteiger partial charge is 0.387 e. The lowest BCUT2D eigenvalue weighted by Crippen LogP contribution is -2.42. The summed E-state index contributed by atoms with van der Waals surface area (Å²) in [6.45, 7) is 1.94. The summed E-state index contributed by atoms with van der Waals surface area (Å²) in [5, 5.41) is 20.2. The van der Waals surface area contributed by atoms with Crippen molar-refractivity contribution in [2.45, 2.75) is 31.5 Å². The number of nitrogens with zero attached hydrogens (tertiary/aromatic N) is 4. The van der Waals surface area contributed by atoms with Crippen molar-refractivity contribution >= 4 is 22.9 Å². The Labute approximate surface area is 130 Å². The average Bonchev–Trinajstić information content (AvgIpc) is 3.09. The zero-order valence-corrected chi connectivity index (χ0v) is 12.2. The molecule has 0 radical (unpaired) electrons. The van der Waals surface area contributed by atoms with Gasteiger partial charge in [0.2, 0.25) is 0 Å². The molecule has 0 saturated carbocycles. The van der Waals surface area contributed by atoms with Crippen molar-refractivity contribution in [3.63, 3.8) is 0 Å². The predicted octanol–water partition coefficient (Wildman–Crippen LogP) is -1.90. The summed E-state index contributed by atoms with van der Waals surface area (Å²) in [6, 6.07) is 0. The fraction of sp³-hybridized carbons (Fsp3) is 0.500. The maximum absolute atomic E-state index is 11.9. The molecule has 11 heteroatoms. The highest BCUT2D eigenvalue weighted by Gasteiger charge is 2.47. The van der Waals surface area contributed by atoms with E-state index in [-0.39, 0.29) is 12.4 Å². The average molecular weight is 324 g/mol. The minimum Gasteiger partial charge on any atom is -0.387 e. The van der Waals surface area contributed by atoms with Crippen LogP contribution >= 0.6 is 0 Å². The zero-order valence-electron chi connectivity index (χ0n) is 12.2. The van der Waals surface area contributed by atoms with Gasteiger partial charge in [0, 0.05) is 0 Å². The smallest absolute Gasteiger partial charge is 0.275 e. The van der Waals surface area contributed by atoms with Crippen molar-refractivity contribution in [1.82, 2.24) is 25.0 Å². The van der Waals surface area contributed by atoms with Gasteiger partial charge in [-0.2, -0.15) is 0 Å². The van der Waals surface area contributed by atoms with Gasteiger partial charge in [-0.25, -0.2) is 20.4 Å². The Bertz CT molecular complexity index is 721. The summed E-state index contributed by atoms with van der Waals surface area (Å²) >= 11 is 0. The topological polar surface area (TPSA) is 158 Å². The molecule has 0 unspecified atom stereocenters. The quantitative estimate of drug-likeness (QED) is 0.471. The Kier molecular flexibility index (Phi) is 4.09. The van der Waals surface area contributed by atoms with E-state index in [0.29, 0.717) is 11.2 Å². The normalized spacial score (nSPS) is 27.4. The van der Waals surface area contributed by atoms with Crippen LogP contribution in [0.4, 0.5) is 5.82 Å². The van der Waals surface area contributed by atoms with Gasteiger partial charge in [-0.3, -0.25) is 14.2 Å². The molecule has 5 N–H and O–H groups in total. The van der Waals surface area contributed by atoms with Gasteiger partial charge in [0.25, 0.3) is 5.91 Å². The highest BCUT2D eigenvalue weighted by atomic mass is 16.7. The van der Waals surface area contributed by atoms with E-state index in [2.05, 4.69) is 20.4 Å². The molecule has 2 aromatic heterocycles. The number of imidazole rings is 1. The summed E-state index contributed by atoms with van der Waals surface area (Å²) < 4.78 is 6.85. The van der Waals surface area contributed by atoms with E-state index in [1.54, 1.807) is 6.92 Å². The third-order valence-electron chi connectivity index (χ3n) is 3.48. The lowest BCUT2D eigenvalue weighted by Gasteiger charge is -2.16. The number of hydrogen-bond donors (Lipinski definition) is 4. The second-order valence-corrected chi connectivity index (χ2v) is 4.91. The number of hydrogen-bond acceptors (Lipinski definition) is 9. The minimum absolute atomic E-state index is 0.174. The summed E-state index contributed by atoms with van der Waals surface area (Å²) in [5.74, 6) is -0.521. The van der Waals surface area contributed by atoms with Crippen LogP contribution in [-0.4, -0.2) is 60.6 Å². The number of carbonyl (C=O) groups is 1. The van der Waals surface area contributed by atoms with Crippen molar-refractivity contribution in [2.24, 2.45) is 0 Å². The number of nitrogen functional groups attached to an aromatic ring is 1. The number of nitrogens with one attached hydrogen (secondary N) is 1. The van der Waals surface area contributed by atoms with Gasteiger partial charge < -0.3 is 20.7 Å². The SMILES string of the molecule is CCONC(=O)[C@H]1O[C@@H](n2cnc3c(N)ncnc32)[C@H](O)[C@@H]1O. The van der Waals surface area contributed by atoms with Crippen LogP contribution in [0, 0.1) is 0 Å². The van der Waals surface area contributed by atoms with Crippen LogP contribution in [0.15, 0.2) is 12.7 Å². The molecule has 0 bridgehead atoms. The van der Waals surface area contributed by atoms with Gasteiger partial charge in [0.1, 0.15) is 24.1 Å². The second kappa shape index (κ2) is 6.04. The van der Waals surface area contributed by atoms with Crippen LogP contribution in [0.25, 0.3) is 11.2 Å². The molecule has 1 fully saturated rings. The molecule has 1 aliphatic heterocycles. The molecule has 4 atom stereocenters. The standard InChI is InChI=1S/C12H16N6O5/c1-2-22-17-11(21)8-6(19)7(20)12(23-8)18-4-16-5-9(13)14-3-15-10(5)18/h3-4,6-8,12,19-20H,2H2,1H3,(H,17,21)(H2,13,14,15)/t6-,7+,8-,12+/m0/s1. The molecule has 11 nitrogen and oxygen atoms in total.